The standard InChI is InChI=1S/C105H174O16P2/c1-4-7-10-13-16-19-22-25-28-31-34-37-40-43-45-47-48-49-50-52-54-56-58-61-64-67-70-73-76-79-82-85-88-91-103(108)115-94-100(106)95-117-122(111,112)118-96-101(107)97-119-123(113,114)120-99-102(121-105(110)93-90-87-84-81-78-75-72-69-66-63-60-55-42-39-36-33-30-27-24-21-18-15-12-9-6-3)98-116-104(109)92-89-86-83-80-77-74-71-68-65-62-59-57-53-51-46-44-41-38-35-32-29-26-23-20-17-14-11-8-5-2/h7-12,16-21,25-30,34-39,43-46,53,55,57,60,66,69,100-102,106-107H,4-6,13-15,22-24,31-33,40-42,47-52,54,56,58-59,61-65,67-68,70-99H2,1-3H3,(H,111,112)(H,113,114)/b10-7-,11-8-,12-9-,19-16-,20-17-,21-18-,28-25-,29-26-,30-27-,37-34-,38-35-,39-36-,45-43-,46-44-,57-53-,60-55-,69-66-. The van der Waals surface area contributed by atoms with Gasteiger partial charge >= 0.3 is 33.6 Å². The molecule has 0 aliphatic heterocycles. The van der Waals surface area contributed by atoms with Gasteiger partial charge in [0.05, 0.1) is 26.4 Å². The number of ether oxygens (including phenoxy) is 3. The van der Waals surface area contributed by atoms with Crippen molar-refractivity contribution in [2.45, 2.75) is 399 Å². The van der Waals surface area contributed by atoms with E-state index in [-0.39, 0.29) is 19.3 Å². The van der Waals surface area contributed by atoms with Gasteiger partial charge in [0.25, 0.3) is 0 Å². The van der Waals surface area contributed by atoms with Gasteiger partial charge in [-0.05, 0) is 167 Å². The molecule has 0 fully saturated rings. The molecule has 4 N–H and O–H groups in total. The van der Waals surface area contributed by atoms with E-state index in [1.165, 1.54) is 122 Å². The van der Waals surface area contributed by atoms with Crippen LogP contribution >= 0.6 is 15.6 Å². The molecule has 0 aromatic rings. The van der Waals surface area contributed by atoms with Crippen molar-refractivity contribution in [1.82, 2.24) is 0 Å². The molecule has 0 aromatic carbocycles. The van der Waals surface area contributed by atoms with Crippen molar-refractivity contribution in [1.29, 1.82) is 0 Å². The molecule has 0 heterocycles. The zero-order valence-corrected chi connectivity index (χ0v) is 79.1. The van der Waals surface area contributed by atoms with Gasteiger partial charge in [0.2, 0.25) is 0 Å². The van der Waals surface area contributed by atoms with E-state index in [0.29, 0.717) is 19.3 Å². The summed E-state index contributed by atoms with van der Waals surface area (Å²) in [6, 6.07) is 0. The second-order valence-corrected chi connectivity index (χ2v) is 34.6. The van der Waals surface area contributed by atoms with Crippen LogP contribution in [0.1, 0.15) is 380 Å². The lowest BCUT2D eigenvalue weighted by Gasteiger charge is -2.21. The molecular formula is C105H174O16P2. The largest absolute Gasteiger partial charge is 0.472 e. The first-order valence-electron chi connectivity index (χ1n) is 48.4. The summed E-state index contributed by atoms with van der Waals surface area (Å²) in [5, 5.41) is 20.8. The highest BCUT2D eigenvalue weighted by Gasteiger charge is 2.30. The fourth-order valence-electron chi connectivity index (χ4n) is 12.8. The van der Waals surface area contributed by atoms with E-state index in [1.807, 2.05) is 0 Å². The number of rotatable bonds is 90. The van der Waals surface area contributed by atoms with Crippen LogP contribution < -0.4 is 0 Å². The SMILES string of the molecule is CC/C=C\C/C=C\C/C=C\C/C=C\C/C=C\C/C=C\CCCCCCCCCCCCC(=O)OCC(COP(=O)(O)OCC(O)COP(=O)(O)OCC(O)COC(=O)CCCCCCCCCCCCCCCCCCC/C=C\C/C=C\C/C=C\C/C=C\C/C=C\CC)OC(=O)CCCCCCCC/C=C\C/C=C\C/C=C\C/C=C\C/C=C\C/C=C\CC. The van der Waals surface area contributed by atoms with E-state index in [0.717, 1.165) is 199 Å². The Morgan fingerprint density at radius 3 is 0.642 bits per heavy atom. The lowest BCUT2D eigenvalue weighted by molar-refractivity contribution is -0.161. The van der Waals surface area contributed by atoms with Crippen LogP contribution in [0.3, 0.4) is 0 Å². The summed E-state index contributed by atoms with van der Waals surface area (Å²) in [7, 11) is -9.83. The summed E-state index contributed by atoms with van der Waals surface area (Å²) >= 11 is 0. The molecule has 5 atom stereocenters. The Bertz CT molecular complexity index is 3070. The summed E-state index contributed by atoms with van der Waals surface area (Å²) in [5.41, 5.74) is 0. The predicted molar refractivity (Wildman–Crippen MR) is 518 cm³/mol. The molecule has 0 aromatic heterocycles. The minimum atomic E-state index is -4.96. The van der Waals surface area contributed by atoms with Gasteiger partial charge in [-0.15, -0.1) is 0 Å². The lowest BCUT2D eigenvalue weighted by Crippen LogP contribution is -2.30. The number of allylic oxidation sites excluding steroid dienone is 34. The minimum absolute atomic E-state index is 0.0791. The van der Waals surface area contributed by atoms with Gasteiger partial charge in [0, 0.05) is 19.3 Å². The summed E-state index contributed by atoms with van der Waals surface area (Å²) in [6.07, 6.45) is 129. The van der Waals surface area contributed by atoms with Crippen molar-refractivity contribution in [2.24, 2.45) is 0 Å². The number of esters is 3. The van der Waals surface area contributed by atoms with Crippen LogP contribution in [0, 0.1) is 0 Å². The highest BCUT2D eigenvalue weighted by molar-refractivity contribution is 7.47. The monoisotopic (exact) mass is 1750 g/mol. The first-order chi connectivity index (χ1) is 60.2. The van der Waals surface area contributed by atoms with Crippen molar-refractivity contribution in [3.8, 4) is 0 Å². The van der Waals surface area contributed by atoms with Crippen LogP contribution in [0.4, 0.5) is 0 Å². The van der Waals surface area contributed by atoms with Crippen LogP contribution in [0.15, 0.2) is 207 Å². The zero-order chi connectivity index (χ0) is 89.3. The number of hydrogen-bond donors (Lipinski definition) is 4. The molecule has 0 amide bonds. The maximum Gasteiger partial charge on any atom is 0.472 e. The number of hydrogen-bond acceptors (Lipinski definition) is 14. The Labute approximate surface area is 750 Å². The number of phosphoric acid groups is 2. The van der Waals surface area contributed by atoms with Crippen LogP contribution in [-0.2, 0) is 55.8 Å². The summed E-state index contributed by atoms with van der Waals surface area (Å²) in [6.45, 7) is 2.35. The van der Waals surface area contributed by atoms with Crippen molar-refractivity contribution >= 4 is 33.6 Å². The zero-order valence-electron chi connectivity index (χ0n) is 77.3. The smallest absolute Gasteiger partial charge is 0.463 e. The molecule has 0 aliphatic rings. The van der Waals surface area contributed by atoms with E-state index < -0.39 is 91.5 Å². The summed E-state index contributed by atoms with van der Waals surface area (Å²) < 4.78 is 61.6. The third-order valence-electron chi connectivity index (χ3n) is 20.0. The molecule has 0 aliphatic carbocycles. The number of phosphoric ester groups is 2. The first-order valence-corrected chi connectivity index (χ1v) is 51.4. The van der Waals surface area contributed by atoms with Crippen LogP contribution in [-0.4, -0.2) is 95.9 Å². The Morgan fingerprint density at radius 2 is 0.407 bits per heavy atom. The summed E-state index contributed by atoms with van der Waals surface area (Å²) in [4.78, 5) is 59.1. The number of carbonyl (C=O) groups is 3. The Kier molecular flexibility index (Phi) is 90.7. The Hall–Kier alpha value is -5.87. The minimum Gasteiger partial charge on any atom is -0.463 e. The van der Waals surface area contributed by atoms with Gasteiger partial charge in [-0.3, -0.25) is 32.5 Å². The number of unbranched alkanes of at least 4 members (excludes halogenated alkanes) is 33. The molecule has 5 unspecified atom stereocenters. The molecule has 0 bridgehead atoms. The van der Waals surface area contributed by atoms with E-state index >= 15 is 0 Å². The molecule has 18 heteroatoms. The van der Waals surface area contributed by atoms with Crippen molar-refractivity contribution in [2.75, 3.05) is 39.6 Å². The molecule has 700 valence electrons. The molecule has 0 saturated carbocycles. The van der Waals surface area contributed by atoms with Crippen LogP contribution in [0.25, 0.3) is 0 Å². The fourth-order valence-corrected chi connectivity index (χ4v) is 14.4. The number of aliphatic hydroxyl groups is 2. The average Bonchev–Trinajstić information content (AvgIpc) is 0.898. The quantitative estimate of drug-likeness (QED) is 0.0146. The molecule has 0 spiro atoms. The Morgan fingerprint density at radius 1 is 0.228 bits per heavy atom. The molecule has 0 radical (unpaired) electrons. The molecule has 123 heavy (non-hydrogen) atoms. The Balaban J connectivity index is 4.64. The predicted octanol–water partition coefficient (Wildman–Crippen LogP) is 30.3. The van der Waals surface area contributed by atoms with Gasteiger partial charge < -0.3 is 34.2 Å². The molecular weight excluding hydrogens is 1580 g/mol. The second-order valence-electron chi connectivity index (χ2n) is 31.7. The fraction of sp³-hybridized carbons (Fsp3) is 0.648. The summed E-state index contributed by atoms with van der Waals surface area (Å²) in [5.74, 6) is -1.60. The van der Waals surface area contributed by atoms with Gasteiger partial charge in [-0.1, -0.05) is 401 Å². The van der Waals surface area contributed by atoms with Crippen LogP contribution in [0.5, 0.6) is 0 Å². The van der Waals surface area contributed by atoms with Crippen molar-refractivity contribution in [3.05, 3.63) is 207 Å². The van der Waals surface area contributed by atoms with Crippen molar-refractivity contribution < 1.29 is 75.8 Å². The maximum absolute atomic E-state index is 13.1. The lowest BCUT2D eigenvalue weighted by atomic mass is 10.0. The third kappa shape index (κ3) is 96.6. The third-order valence-corrected chi connectivity index (χ3v) is 21.9. The van der Waals surface area contributed by atoms with Crippen molar-refractivity contribution in [3.63, 3.8) is 0 Å². The highest BCUT2D eigenvalue weighted by atomic mass is 31.2. The van der Waals surface area contributed by atoms with E-state index in [4.69, 9.17) is 32.3 Å². The van der Waals surface area contributed by atoms with Gasteiger partial charge in [-0.25, -0.2) is 9.13 Å². The van der Waals surface area contributed by atoms with Gasteiger partial charge in [0.15, 0.2) is 6.10 Å². The highest BCUT2D eigenvalue weighted by Crippen LogP contribution is 2.45. The molecule has 16 nitrogen and oxygen atoms in total. The number of aliphatic hydroxyl groups excluding tert-OH is 2. The first kappa shape index (κ1) is 117. The second kappa shape index (κ2) is 95.2. The maximum atomic E-state index is 13.1. The van der Waals surface area contributed by atoms with Gasteiger partial charge in [0.1, 0.15) is 25.4 Å². The van der Waals surface area contributed by atoms with E-state index in [9.17, 15) is 43.5 Å². The van der Waals surface area contributed by atoms with E-state index in [2.05, 4.69) is 227 Å². The molecule has 0 saturated heterocycles. The topological polar surface area (TPSA) is 231 Å². The van der Waals surface area contributed by atoms with Gasteiger partial charge in [-0.2, -0.15) is 0 Å². The number of carbonyl (C=O) groups excluding carboxylic acids is 3. The molecule has 0 rings (SSSR count). The normalized spacial score (nSPS) is 14.6. The van der Waals surface area contributed by atoms with Crippen LogP contribution in [0.2, 0.25) is 0 Å². The van der Waals surface area contributed by atoms with E-state index in [1.54, 1.807) is 0 Å². The average molecular weight is 1750 g/mol.